The maximum absolute atomic E-state index is 11.2. The molecule has 0 bridgehead atoms. The molecule has 6 heteroatoms. The Balaban J connectivity index is 2.10. The van der Waals surface area contributed by atoms with Gasteiger partial charge in [0.2, 0.25) is 0 Å². The molecule has 106 valence electrons. The summed E-state index contributed by atoms with van der Waals surface area (Å²) >= 11 is 7.64. The molecule has 0 fully saturated rings. The van der Waals surface area contributed by atoms with Gasteiger partial charge in [-0.15, -0.1) is 0 Å². The van der Waals surface area contributed by atoms with Crippen molar-refractivity contribution in [3.05, 3.63) is 51.4 Å². The van der Waals surface area contributed by atoms with E-state index in [9.17, 15) is 4.79 Å². The van der Waals surface area contributed by atoms with Gasteiger partial charge in [-0.3, -0.25) is 4.79 Å². The van der Waals surface area contributed by atoms with Gasteiger partial charge in [-0.25, -0.2) is 4.98 Å². The van der Waals surface area contributed by atoms with Gasteiger partial charge < -0.3 is 10.3 Å². The quantitative estimate of drug-likeness (QED) is 0.833. The second-order valence-corrected chi connectivity index (χ2v) is 6.10. The minimum absolute atomic E-state index is 0.161. The molecule has 0 spiro atoms. The molecule has 4 nitrogen and oxygen atoms in total. The fraction of sp³-hybridized carbons (Fsp3) is 0.286. The Bertz CT molecular complexity index is 642. The zero-order valence-electron chi connectivity index (χ0n) is 11.3. The second-order valence-electron chi connectivity index (χ2n) is 4.63. The van der Waals surface area contributed by atoms with E-state index >= 15 is 0 Å². The molecule has 1 heterocycles. The predicted octanol–water partition coefficient (Wildman–Crippen LogP) is 3.07. The van der Waals surface area contributed by atoms with Crippen LogP contribution in [0.1, 0.15) is 19.4 Å². The van der Waals surface area contributed by atoms with Crippen molar-refractivity contribution in [2.75, 3.05) is 0 Å². The molecule has 0 amide bonds. The topological polar surface area (TPSA) is 57.8 Å². The van der Waals surface area contributed by atoms with E-state index in [4.69, 9.17) is 11.6 Å². The molecule has 2 N–H and O–H groups in total. The highest BCUT2D eigenvalue weighted by Crippen LogP contribution is 2.28. The van der Waals surface area contributed by atoms with E-state index in [0.29, 0.717) is 16.2 Å². The van der Waals surface area contributed by atoms with Crippen LogP contribution < -0.4 is 10.9 Å². The number of hydrogen-bond acceptors (Lipinski definition) is 4. The van der Waals surface area contributed by atoms with Crippen LogP contribution in [0.2, 0.25) is 5.02 Å². The van der Waals surface area contributed by atoms with Gasteiger partial charge in [0.05, 0.1) is 0 Å². The van der Waals surface area contributed by atoms with Crippen LogP contribution in [-0.2, 0) is 6.54 Å². The number of H-pyrrole nitrogens is 1. The van der Waals surface area contributed by atoms with Crippen LogP contribution in [0, 0.1) is 0 Å². The van der Waals surface area contributed by atoms with Crippen molar-refractivity contribution in [2.45, 2.75) is 36.5 Å². The SMILES string of the molecule is CC(C)NCc1ccc(Sc2nccc(=O)[nH]2)cc1Cl. The summed E-state index contributed by atoms with van der Waals surface area (Å²) in [7, 11) is 0. The molecule has 0 radical (unpaired) electrons. The fourth-order valence-corrected chi connectivity index (χ4v) is 2.68. The van der Waals surface area contributed by atoms with Crippen LogP contribution in [0.5, 0.6) is 0 Å². The Morgan fingerprint density at radius 1 is 1.40 bits per heavy atom. The zero-order valence-corrected chi connectivity index (χ0v) is 12.9. The maximum atomic E-state index is 11.2. The average molecular weight is 310 g/mol. The lowest BCUT2D eigenvalue weighted by Gasteiger charge is -2.10. The molecule has 2 rings (SSSR count). The Kier molecular flexibility index (Phi) is 5.23. The molecule has 0 aliphatic heterocycles. The van der Waals surface area contributed by atoms with Gasteiger partial charge in [-0.2, -0.15) is 0 Å². The van der Waals surface area contributed by atoms with Crippen LogP contribution in [0.25, 0.3) is 0 Å². The van der Waals surface area contributed by atoms with Crippen LogP contribution in [0.15, 0.2) is 45.3 Å². The Labute approximate surface area is 127 Å². The maximum Gasteiger partial charge on any atom is 0.251 e. The minimum atomic E-state index is -0.161. The van der Waals surface area contributed by atoms with E-state index < -0.39 is 0 Å². The van der Waals surface area contributed by atoms with Gasteiger partial charge in [-0.1, -0.05) is 43.3 Å². The lowest BCUT2D eigenvalue weighted by molar-refractivity contribution is 0.589. The number of halogens is 1. The van der Waals surface area contributed by atoms with Gasteiger partial charge in [0, 0.05) is 34.8 Å². The monoisotopic (exact) mass is 309 g/mol. The van der Waals surface area contributed by atoms with Crippen LogP contribution >= 0.6 is 23.4 Å². The van der Waals surface area contributed by atoms with Crippen LogP contribution in [0.4, 0.5) is 0 Å². The molecule has 0 aliphatic rings. The van der Waals surface area contributed by atoms with Crippen molar-refractivity contribution in [2.24, 2.45) is 0 Å². The first-order valence-electron chi connectivity index (χ1n) is 6.29. The molecule has 20 heavy (non-hydrogen) atoms. The molecule has 1 aromatic heterocycles. The third-order valence-electron chi connectivity index (χ3n) is 2.59. The lowest BCUT2D eigenvalue weighted by atomic mass is 10.2. The van der Waals surface area contributed by atoms with Crippen molar-refractivity contribution in [3.8, 4) is 0 Å². The smallest absolute Gasteiger partial charge is 0.251 e. The number of nitrogens with zero attached hydrogens (tertiary/aromatic N) is 1. The van der Waals surface area contributed by atoms with Crippen molar-refractivity contribution in [3.63, 3.8) is 0 Å². The Hall–Kier alpha value is -1.30. The van der Waals surface area contributed by atoms with Crippen molar-refractivity contribution >= 4 is 23.4 Å². The number of aromatic nitrogens is 2. The molecule has 0 aliphatic carbocycles. The minimum Gasteiger partial charge on any atom is -0.310 e. The molecule has 0 saturated carbocycles. The molecule has 0 atom stereocenters. The van der Waals surface area contributed by atoms with Gasteiger partial charge in [-0.05, 0) is 17.7 Å². The van der Waals surface area contributed by atoms with E-state index in [1.165, 1.54) is 24.0 Å². The number of benzene rings is 1. The largest absolute Gasteiger partial charge is 0.310 e. The third kappa shape index (κ3) is 4.37. The number of rotatable bonds is 5. The number of aromatic amines is 1. The zero-order chi connectivity index (χ0) is 14.5. The first-order valence-corrected chi connectivity index (χ1v) is 7.49. The van der Waals surface area contributed by atoms with E-state index in [1.807, 2.05) is 18.2 Å². The molecule has 0 unspecified atom stereocenters. The average Bonchev–Trinajstić information content (AvgIpc) is 2.37. The Morgan fingerprint density at radius 2 is 2.20 bits per heavy atom. The van der Waals surface area contributed by atoms with E-state index in [2.05, 4.69) is 29.1 Å². The van der Waals surface area contributed by atoms with Gasteiger partial charge in [0.25, 0.3) is 5.56 Å². The standard InChI is InChI=1S/C14H16ClN3OS/c1-9(2)17-8-10-3-4-11(7-12(10)15)20-14-16-6-5-13(19)18-14/h3-7,9,17H,8H2,1-2H3,(H,16,18,19). The van der Waals surface area contributed by atoms with Crippen LogP contribution in [0.3, 0.4) is 0 Å². The number of nitrogens with one attached hydrogen (secondary N) is 2. The summed E-state index contributed by atoms with van der Waals surface area (Å²) in [5, 5.41) is 4.59. The summed E-state index contributed by atoms with van der Waals surface area (Å²) in [6, 6.07) is 7.65. The number of hydrogen-bond donors (Lipinski definition) is 2. The van der Waals surface area contributed by atoms with Crippen molar-refractivity contribution in [1.29, 1.82) is 0 Å². The van der Waals surface area contributed by atoms with Gasteiger partial charge >= 0.3 is 0 Å². The molecular formula is C14H16ClN3OS. The Morgan fingerprint density at radius 3 is 2.85 bits per heavy atom. The lowest BCUT2D eigenvalue weighted by Crippen LogP contribution is -2.21. The highest BCUT2D eigenvalue weighted by molar-refractivity contribution is 7.99. The van der Waals surface area contributed by atoms with Crippen LogP contribution in [-0.4, -0.2) is 16.0 Å². The van der Waals surface area contributed by atoms with Gasteiger partial charge in [0.15, 0.2) is 5.16 Å². The third-order valence-corrected chi connectivity index (χ3v) is 3.83. The molecule has 0 saturated heterocycles. The summed E-state index contributed by atoms with van der Waals surface area (Å²) in [5.74, 6) is 0. The first kappa shape index (κ1) is 15.1. The highest BCUT2D eigenvalue weighted by atomic mass is 35.5. The van der Waals surface area contributed by atoms with Crippen molar-refractivity contribution in [1.82, 2.24) is 15.3 Å². The van der Waals surface area contributed by atoms with Gasteiger partial charge in [0.1, 0.15) is 0 Å². The fourth-order valence-electron chi connectivity index (χ4n) is 1.56. The summed E-state index contributed by atoms with van der Waals surface area (Å²) in [4.78, 5) is 18.9. The summed E-state index contributed by atoms with van der Waals surface area (Å²) in [6.45, 7) is 4.92. The highest BCUT2D eigenvalue weighted by Gasteiger charge is 2.05. The first-order chi connectivity index (χ1) is 9.54. The summed E-state index contributed by atoms with van der Waals surface area (Å²) in [6.07, 6.45) is 1.49. The van der Waals surface area contributed by atoms with Crippen molar-refractivity contribution < 1.29 is 0 Å². The predicted molar refractivity (Wildman–Crippen MR) is 82.4 cm³/mol. The normalized spacial score (nSPS) is 11.0. The second kappa shape index (κ2) is 6.92. The van der Waals surface area contributed by atoms with E-state index in [-0.39, 0.29) is 5.56 Å². The molecule has 1 aromatic carbocycles. The summed E-state index contributed by atoms with van der Waals surface area (Å²) in [5.41, 5.74) is 0.894. The van der Waals surface area contributed by atoms with E-state index in [1.54, 1.807) is 0 Å². The summed E-state index contributed by atoms with van der Waals surface area (Å²) < 4.78 is 0. The molecule has 2 aromatic rings. The molecular weight excluding hydrogens is 294 g/mol. The van der Waals surface area contributed by atoms with E-state index in [0.717, 1.165) is 17.0 Å².